The van der Waals surface area contributed by atoms with Crippen LogP contribution in [0.3, 0.4) is 0 Å². The van der Waals surface area contributed by atoms with Crippen molar-refractivity contribution in [2.45, 2.75) is 19.4 Å². The van der Waals surface area contributed by atoms with E-state index in [1.807, 2.05) is 6.07 Å². The van der Waals surface area contributed by atoms with Gasteiger partial charge in [-0.3, -0.25) is 9.59 Å². The monoisotopic (exact) mass is 260 g/mol. The molecule has 2 aromatic rings. The van der Waals surface area contributed by atoms with E-state index in [1.165, 1.54) is 6.39 Å². The Balaban J connectivity index is 1.69. The van der Waals surface area contributed by atoms with Crippen molar-refractivity contribution in [2.24, 2.45) is 5.41 Å². The zero-order valence-corrected chi connectivity index (χ0v) is 10.0. The molecule has 1 aromatic carbocycles. The number of hydrogen-bond donors (Lipinski definition) is 2. The molecular formula is C13H12N2O4. The largest absolute Gasteiger partial charge is 0.480 e. The average Bonchev–Trinajstić information content (AvgIpc) is 3.09. The maximum absolute atomic E-state index is 11.8. The normalized spacial score (nSPS) is 16.2. The Morgan fingerprint density at radius 2 is 2.21 bits per heavy atom. The molecule has 1 aliphatic rings. The maximum atomic E-state index is 11.8. The molecular weight excluding hydrogens is 248 g/mol. The average molecular weight is 260 g/mol. The van der Waals surface area contributed by atoms with Crippen LogP contribution in [-0.4, -0.2) is 22.0 Å². The highest BCUT2D eigenvalue weighted by molar-refractivity contribution is 6.04. The molecule has 6 nitrogen and oxygen atoms in total. The summed E-state index contributed by atoms with van der Waals surface area (Å²) in [6.45, 7) is 0.282. The maximum Gasteiger partial charge on any atom is 0.319 e. The standard InChI is InChI=1S/C13H12N2O4/c16-11(13(3-4-13)12(17)18)14-6-8-1-2-9-10(5-8)19-7-15-9/h1-2,5,7H,3-4,6H2,(H,14,16)(H,17,18). The van der Waals surface area contributed by atoms with Crippen molar-refractivity contribution in [2.75, 3.05) is 0 Å². The molecule has 0 unspecified atom stereocenters. The van der Waals surface area contributed by atoms with E-state index in [0.717, 1.165) is 11.1 Å². The molecule has 1 aliphatic carbocycles. The molecule has 1 aromatic heterocycles. The van der Waals surface area contributed by atoms with E-state index in [1.54, 1.807) is 12.1 Å². The number of oxazole rings is 1. The predicted molar refractivity (Wildman–Crippen MR) is 65.2 cm³/mol. The number of carbonyl (C=O) groups is 2. The molecule has 0 radical (unpaired) electrons. The third-order valence-corrected chi connectivity index (χ3v) is 3.44. The fraction of sp³-hybridized carbons (Fsp3) is 0.308. The highest BCUT2D eigenvalue weighted by Gasteiger charge is 2.56. The van der Waals surface area contributed by atoms with Gasteiger partial charge in [0.15, 0.2) is 12.0 Å². The molecule has 19 heavy (non-hydrogen) atoms. The van der Waals surface area contributed by atoms with Gasteiger partial charge >= 0.3 is 5.97 Å². The van der Waals surface area contributed by atoms with E-state index in [2.05, 4.69) is 10.3 Å². The molecule has 1 saturated carbocycles. The summed E-state index contributed by atoms with van der Waals surface area (Å²) in [5.41, 5.74) is 1.04. The minimum atomic E-state index is -1.20. The zero-order chi connectivity index (χ0) is 13.5. The number of benzene rings is 1. The number of nitrogens with one attached hydrogen (secondary N) is 1. The molecule has 3 rings (SSSR count). The Hall–Kier alpha value is -2.37. The van der Waals surface area contributed by atoms with Crippen LogP contribution < -0.4 is 5.32 Å². The number of fused-ring (bicyclic) bond motifs is 1. The number of carbonyl (C=O) groups excluding carboxylic acids is 1. The van der Waals surface area contributed by atoms with Crippen molar-refractivity contribution in [1.82, 2.24) is 10.3 Å². The van der Waals surface area contributed by atoms with Gasteiger partial charge in [-0.25, -0.2) is 4.98 Å². The van der Waals surface area contributed by atoms with Gasteiger partial charge < -0.3 is 14.8 Å². The van der Waals surface area contributed by atoms with Crippen LogP contribution in [0.5, 0.6) is 0 Å². The second-order valence-corrected chi connectivity index (χ2v) is 4.72. The van der Waals surface area contributed by atoms with Gasteiger partial charge in [0.05, 0.1) is 0 Å². The first-order valence-electron chi connectivity index (χ1n) is 5.96. The number of nitrogens with zero attached hydrogens (tertiary/aromatic N) is 1. The summed E-state index contributed by atoms with van der Waals surface area (Å²) < 4.78 is 5.17. The first-order valence-corrected chi connectivity index (χ1v) is 5.96. The Morgan fingerprint density at radius 3 is 2.89 bits per heavy atom. The molecule has 2 N–H and O–H groups in total. The number of hydrogen-bond acceptors (Lipinski definition) is 4. The fourth-order valence-electron chi connectivity index (χ4n) is 2.02. The lowest BCUT2D eigenvalue weighted by Crippen LogP contribution is -2.36. The SMILES string of the molecule is O=C(O)C1(C(=O)NCc2ccc3ncoc3c2)CC1. The van der Waals surface area contributed by atoms with Crippen LogP contribution in [0.4, 0.5) is 0 Å². The lowest BCUT2D eigenvalue weighted by molar-refractivity contribution is -0.149. The molecule has 0 aliphatic heterocycles. The van der Waals surface area contributed by atoms with Crippen LogP contribution >= 0.6 is 0 Å². The molecule has 1 heterocycles. The smallest absolute Gasteiger partial charge is 0.319 e. The molecule has 98 valence electrons. The zero-order valence-electron chi connectivity index (χ0n) is 10.0. The van der Waals surface area contributed by atoms with Crippen molar-refractivity contribution >= 4 is 23.0 Å². The lowest BCUT2D eigenvalue weighted by atomic mass is 10.1. The van der Waals surface area contributed by atoms with Gasteiger partial charge in [-0.05, 0) is 30.5 Å². The highest BCUT2D eigenvalue weighted by Crippen LogP contribution is 2.46. The Morgan fingerprint density at radius 1 is 1.42 bits per heavy atom. The quantitative estimate of drug-likeness (QED) is 0.808. The van der Waals surface area contributed by atoms with Gasteiger partial charge in [0.1, 0.15) is 10.9 Å². The summed E-state index contributed by atoms with van der Waals surface area (Å²) in [6, 6.07) is 5.40. The summed E-state index contributed by atoms with van der Waals surface area (Å²) in [7, 11) is 0. The van der Waals surface area contributed by atoms with E-state index in [9.17, 15) is 9.59 Å². The molecule has 6 heteroatoms. The summed E-state index contributed by atoms with van der Waals surface area (Å²) in [5, 5.41) is 11.7. The first-order chi connectivity index (χ1) is 9.12. The van der Waals surface area contributed by atoms with Crippen molar-refractivity contribution in [3.63, 3.8) is 0 Å². The first kappa shape index (κ1) is 11.7. The van der Waals surface area contributed by atoms with Gasteiger partial charge in [-0.15, -0.1) is 0 Å². The van der Waals surface area contributed by atoms with Gasteiger partial charge in [0.2, 0.25) is 5.91 Å². The number of aromatic nitrogens is 1. The van der Waals surface area contributed by atoms with Crippen LogP contribution in [0.25, 0.3) is 11.1 Å². The van der Waals surface area contributed by atoms with E-state index in [4.69, 9.17) is 9.52 Å². The number of carboxylic acid groups (broad SMARTS) is 1. The van der Waals surface area contributed by atoms with E-state index >= 15 is 0 Å². The predicted octanol–water partition coefficient (Wildman–Crippen LogP) is 1.31. The second-order valence-electron chi connectivity index (χ2n) is 4.72. The van der Waals surface area contributed by atoms with Gasteiger partial charge in [0.25, 0.3) is 0 Å². The van der Waals surface area contributed by atoms with E-state index in [-0.39, 0.29) is 6.54 Å². The topological polar surface area (TPSA) is 92.4 Å². The van der Waals surface area contributed by atoms with Crippen molar-refractivity contribution in [1.29, 1.82) is 0 Å². The molecule has 0 spiro atoms. The molecule has 1 amide bonds. The number of rotatable bonds is 4. The second kappa shape index (κ2) is 4.08. The van der Waals surface area contributed by atoms with E-state index < -0.39 is 17.3 Å². The summed E-state index contributed by atoms with van der Waals surface area (Å²) in [4.78, 5) is 26.8. The molecule has 0 saturated heterocycles. The van der Waals surface area contributed by atoms with Gasteiger partial charge in [0, 0.05) is 6.54 Å². The summed E-state index contributed by atoms with van der Waals surface area (Å²) in [6.07, 6.45) is 2.18. The number of amides is 1. The summed E-state index contributed by atoms with van der Waals surface area (Å²) in [5.74, 6) is -1.46. The Labute approximate surface area is 108 Å². The molecule has 0 atom stereocenters. The van der Waals surface area contributed by atoms with E-state index in [0.29, 0.717) is 18.4 Å². The Kier molecular flexibility index (Phi) is 2.51. The summed E-state index contributed by atoms with van der Waals surface area (Å²) >= 11 is 0. The van der Waals surface area contributed by atoms with Gasteiger partial charge in [-0.2, -0.15) is 0 Å². The lowest BCUT2D eigenvalue weighted by Gasteiger charge is -2.10. The van der Waals surface area contributed by atoms with Crippen LogP contribution in [0.1, 0.15) is 18.4 Å². The minimum Gasteiger partial charge on any atom is -0.480 e. The van der Waals surface area contributed by atoms with Crippen LogP contribution in [0.15, 0.2) is 29.0 Å². The number of carboxylic acids is 1. The van der Waals surface area contributed by atoms with Crippen molar-refractivity contribution in [3.8, 4) is 0 Å². The minimum absolute atomic E-state index is 0.282. The molecule has 1 fully saturated rings. The van der Waals surface area contributed by atoms with Gasteiger partial charge in [-0.1, -0.05) is 6.07 Å². The fourth-order valence-corrected chi connectivity index (χ4v) is 2.02. The Bertz CT molecular complexity index is 657. The highest BCUT2D eigenvalue weighted by atomic mass is 16.4. The number of aliphatic carboxylic acids is 1. The molecule has 0 bridgehead atoms. The van der Waals surface area contributed by atoms with Crippen LogP contribution in [0, 0.1) is 5.41 Å². The third kappa shape index (κ3) is 1.95. The van der Waals surface area contributed by atoms with Crippen LogP contribution in [0.2, 0.25) is 0 Å². The van der Waals surface area contributed by atoms with Crippen molar-refractivity contribution in [3.05, 3.63) is 30.2 Å². The third-order valence-electron chi connectivity index (χ3n) is 3.44. The van der Waals surface area contributed by atoms with Crippen molar-refractivity contribution < 1.29 is 19.1 Å². The van der Waals surface area contributed by atoms with Crippen LogP contribution in [-0.2, 0) is 16.1 Å².